The van der Waals surface area contributed by atoms with Gasteiger partial charge in [-0.3, -0.25) is 67.1 Å². The zero-order valence-corrected chi connectivity index (χ0v) is 69.6. The third-order valence-corrected chi connectivity index (χ3v) is 20.0. The lowest BCUT2D eigenvalue weighted by Crippen LogP contribution is -2.58. The van der Waals surface area contributed by atoms with E-state index < -0.39 is 109 Å². The SMILES string of the molecule is CC(=O)OCC1O[C@H](OCCCCC(=O)CCCCNC(=O)CCOCC(COCCC(=O)NCCCNC(=O)CCCCO[C@H]2OC(COC(C)=O)[C@@H](C)[C@H](C)C2OC(C)=O)(COCCC(=O)NCCCNC(=O)CCCCO[C@H]2OC(COC(C)=O)[C@@H](C)[C@H](C)C2OC(C)=O)NC(=O)CCCC(=O)O)C(OC(C)=O)[C@@H](C)[C@@H]1C. The van der Waals surface area contributed by atoms with E-state index in [0.29, 0.717) is 77.0 Å². The molecule has 0 aliphatic carbocycles. The van der Waals surface area contributed by atoms with E-state index in [4.69, 9.17) is 71.1 Å². The van der Waals surface area contributed by atoms with Crippen molar-refractivity contribution in [1.82, 2.24) is 31.9 Å². The number of ketones is 1. The van der Waals surface area contributed by atoms with E-state index in [-0.39, 0.29) is 234 Å². The van der Waals surface area contributed by atoms with Crippen molar-refractivity contribution in [3.05, 3.63) is 0 Å². The van der Waals surface area contributed by atoms with Crippen LogP contribution in [0.2, 0.25) is 0 Å². The van der Waals surface area contributed by atoms with Crippen LogP contribution in [0.3, 0.4) is 0 Å². The zero-order chi connectivity index (χ0) is 85.3. The van der Waals surface area contributed by atoms with E-state index >= 15 is 0 Å². The molecular weight excluding hydrogens is 1510 g/mol. The molecule has 0 radical (unpaired) electrons. The molecule has 36 nitrogen and oxygen atoms in total. The number of Topliss-reactive ketones (excluding diaryl/α,β-unsaturated/α-hetero) is 1. The Morgan fingerprint density at radius 1 is 0.313 bits per heavy atom. The molecule has 6 unspecified atom stereocenters. The van der Waals surface area contributed by atoms with Crippen LogP contribution in [0, 0.1) is 35.5 Å². The monoisotopic (exact) mass is 1640 g/mol. The third kappa shape index (κ3) is 44.0. The Hall–Kier alpha value is -7.58. The van der Waals surface area contributed by atoms with Gasteiger partial charge in [0.1, 0.15) is 31.1 Å². The minimum atomic E-state index is -1.49. The minimum absolute atomic E-state index is 0.0102. The van der Waals surface area contributed by atoms with Gasteiger partial charge in [-0.15, -0.1) is 0 Å². The average Bonchev–Trinajstić information content (AvgIpc) is 0.817. The molecule has 3 heterocycles. The highest BCUT2D eigenvalue weighted by Gasteiger charge is 2.47. The van der Waals surface area contributed by atoms with Gasteiger partial charge in [0.15, 0.2) is 37.2 Å². The number of carbonyl (C=O) groups is 14. The lowest BCUT2D eigenvalue weighted by atomic mass is 9.83. The number of amides is 6. The number of carboxylic acid groups (broad SMARTS) is 1. The first kappa shape index (κ1) is 102. The van der Waals surface area contributed by atoms with Gasteiger partial charge >= 0.3 is 41.8 Å². The summed E-state index contributed by atoms with van der Waals surface area (Å²) >= 11 is 0. The molecule has 7 N–H and O–H groups in total. The van der Waals surface area contributed by atoms with Gasteiger partial charge in [-0.2, -0.15) is 0 Å². The van der Waals surface area contributed by atoms with E-state index in [1.165, 1.54) is 41.5 Å². The van der Waals surface area contributed by atoms with Crippen LogP contribution in [0.15, 0.2) is 0 Å². The molecular formula is C79H132N6O30. The maximum absolute atomic E-state index is 13.6. The van der Waals surface area contributed by atoms with Crippen LogP contribution in [0.1, 0.15) is 212 Å². The fourth-order valence-corrected chi connectivity index (χ4v) is 12.8. The van der Waals surface area contributed by atoms with E-state index in [2.05, 4.69) is 31.9 Å². The lowest BCUT2D eigenvalue weighted by Gasteiger charge is -2.43. The Morgan fingerprint density at radius 2 is 0.600 bits per heavy atom. The van der Waals surface area contributed by atoms with Gasteiger partial charge in [-0.1, -0.05) is 41.5 Å². The van der Waals surface area contributed by atoms with Crippen LogP contribution in [-0.4, -0.2) is 261 Å². The first-order valence-corrected chi connectivity index (χ1v) is 40.5. The van der Waals surface area contributed by atoms with Crippen LogP contribution < -0.4 is 31.9 Å². The second-order valence-corrected chi connectivity index (χ2v) is 29.8. The van der Waals surface area contributed by atoms with Gasteiger partial charge in [0.2, 0.25) is 35.4 Å². The molecule has 3 aliphatic heterocycles. The van der Waals surface area contributed by atoms with Crippen LogP contribution in [0.25, 0.3) is 0 Å². The van der Waals surface area contributed by atoms with Gasteiger partial charge < -0.3 is 108 Å². The number of aliphatic carboxylic acids is 1. The predicted octanol–water partition coefficient (Wildman–Crippen LogP) is 4.45. The van der Waals surface area contributed by atoms with E-state index in [0.717, 1.165) is 0 Å². The Balaban J connectivity index is 1.52. The maximum Gasteiger partial charge on any atom is 0.303 e. The molecule has 0 aromatic heterocycles. The van der Waals surface area contributed by atoms with Gasteiger partial charge in [-0.05, 0) is 88.4 Å². The number of nitrogens with one attached hydrogen (secondary N) is 6. The third-order valence-electron chi connectivity index (χ3n) is 20.0. The molecule has 0 spiro atoms. The maximum atomic E-state index is 13.6. The molecule has 36 heteroatoms. The highest BCUT2D eigenvalue weighted by Crippen LogP contribution is 2.37. The van der Waals surface area contributed by atoms with Crippen LogP contribution in [-0.2, 0) is 138 Å². The normalized spacial score (nSPS) is 23.6. The summed E-state index contributed by atoms with van der Waals surface area (Å²) in [5, 5.41) is 26.2. The Kier molecular flexibility index (Phi) is 50.8. The molecule has 6 amide bonds. The number of carboxylic acids is 1. The van der Waals surface area contributed by atoms with Gasteiger partial charge in [0.05, 0.1) is 58.0 Å². The second kappa shape index (κ2) is 57.5. The van der Waals surface area contributed by atoms with Crippen molar-refractivity contribution in [1.29, 1.82) is 0 Å². The van der Waals surface area contributed by atoms with Crippen molar-refractivity contribution in [2.24, 2.45) is 35.5 Å². The average molecular weight is 1650 g/mol. The number of esters is 6. The van der Waals surface area contributed by atoms with Crippen molar-refractivity contribution < 1.29 is 143 Å². The molecule has 3 aliphatic rings. The van der Waals surface area contributed by atoms with Gasteiger partial charge in [0.25, 0.3) is 0 Å². The quantitative estimate of drug-likeness (QED) is 0.0251. The van der Waals surface area contributed by atoms with Crippen molar-refractivity contribution in [3.8, 4) is 0 Å². The van der Waals surface area contributed by atoms with E-state index in [1.807, 2.05) is 41.5 Å². The van der Waals surface area contributed by atoms with Gasteiger partial charge in [0, 0.05) is 170 Å². The smallest absolute Gasteiger partial charge is 0.303 e. The number of unbranched alkanes of at least 4 members (excludes halogenated alkanes) is 4. The van der Waals surface area contributed by atoms with Crippen molar-refractivity contribution in [2.75, 3.05) is 112 Å². The highest BCUT2D eigenvalue weighted by molar-refractivity contribution is 5.80. The van der Waals surface area contributed by atoms with Crippen LogP contribution in [0.4, 0.5) is 0 Å². The van der Waals surface area contributed by atoms with Crippen molar-refractivity contribution in [3.63, 3.8) is 0 Å². The summed E-state index contributed by atoms with van der Waals surface area (Å²) in [6.07, 6.45) is -1.25. The topological polar surface area (TPSA) is 470 Å². The Morgan fingerprint density at radius 3 is 0.904 bits per heavy atom. The largest absolute Gasteiger partial charge is 0.481 e. The summed E-state index contributed by atoms with van der Waals surface area (Å²) in [7, 11) is 0. The fourth-order valence-electron chi connectivity index (χ4n) is 12.8. The second-order valence-electron chi connectivity index (χ2n) is 29.8. The molecule has 115 heavy (non-hydrogen) atoms. The lowest BCUT2D eigenvalue weighted by molar-refractivity contribution is -0.280. The first-order valence-electron chi connectivity index (χ1n) is 40.5. The molecule has 3 rings (SSSR count). The van der Waals surface area contributed by atoms with E-state index in [9.17, 15) is 72.2 Å². The predicted molar refractivity (Wildman–Crippen MR) is 409 cm³/mol. The number of rotatable bonds is 60. The van der Waals surface area contributed by atoms with Crippen molar-refractivity contribution in [2.45, 2.75) is 273 Å². The number of hydrogen-bond acceptors (Lipinski definition) is 29. The summed E-state index contributed by atoms with van der Waals surface area (Å²) in [5.41, 5.74) is -1.49. The summed E-state index contributed by atoms with van der Waals surface area (Å²) in [6, 6.07) is 0. The molecule has 0 saturated carbocycles. The molecule has 0 bridgehead atoms. The molecule has 0 aromatic rings. The van der Waals surface area contributed by atoms with E-state index in [1.54, 1.807) is 0 Å². The van der Waals surface area contributed by atoms with Crippen molar-refractivity contribution >= 4 is 83.0 Å². The van der Waals surface area contributed by atoms with Crippen LogP contribution in [0.5, 0.6) is 0 Å². The minimum Gasteiger partial charge on any atom is -0.481 e. The highest BCUT2D eigenvalue weighted by atomic mass is 16.7. The molecule has 3 fully saturated rings. The fraction of sp³-hybridized carbons (Fsp3) is 0.823. The zero-order valence-electron chi connectivity index (χ0n) is 69.6. The Bertz CT molecular complexity index is 2710. The van der Waals surface area contributed by atoms with Crippen LogP contribution >= 0.6 is 0 Å². The molecule has 658 valence electrons. The number of hydrogen-bond donors (Lipinski definition) is 7. The summed E-state index contributed by atoms with van der Waals surface area (Å²) < 4.78 is 86.5. The standard InChI is InChI=1S/C79H132N6O30/c1-50-53(4)73(110-59(10)89)76(113-63(50)44-107-56(7)86)104-38-18-14-25-62(92)24-13-17-33-80-68(95)30-41-101-47-79(85-71(98)28-21-29-72(99)100,48-102-42-31-69(96)83-36-22-34-81-66(93)26-15-19-39-105-77-74(111-60(11)90)54(5)51(2)64(114-77)45-108-57(8)87)49-103-43-32-70(97)84-37-23-35-82-67(94)27-16-20-40-106-78-75(112-61(12)91)55(6)52(3)65(115-78)46-109-58(9)88/h50-55,63-65,73-78H,13-49H2,1-12H3,(H,80,95)(H,81,93)(H,82,94)(H,83,96)(H,84,97)(H,85,98)(H,99,100)/t50-,51-,52-,53-,54-,55-,63?,64?,65?,73?,74?,75?,76-,77-,78-,79?/m0/s1. The molecule has 3 saturated heterocycles. The van der Waals surface area contributed by atoms with Gasteiger partial charge in [-0.25, -0.2) is 0 Å². The summed E-state index contributed by atoms with van der Waals surface area (Å²) in [4.78, 5) is 173. The summed E-state index contributed by atoms with van der Waals surface area (Å²) in [5.74, 6) is -6.82. The number of ether oxygens (including phenoxy) is 15. The first-order chi connectivity index (χ1) is 54.7. The Labute approximate surface area is 675 Å². The number of carbonyl (C=O) groups excluding carboxylic acids is 13. The summed E-state index contributed by atoms with van der Waals surface area (Å²) in [6.45, 7) is 19.9. The molecule has 15 atom stereocenters. The molecule has 0 aromatic carbocycles.